The van der Waals surface area contributed by atoms with Crippen molar-refractivity contribution in [3.8, 4) is 0 Å². The van der Waals surface area contributed by atoms with Crippen LogP contribution >= 0.6 is 28.1 Å². The predicted molar refractivity (Wildman–Crippen MR) is 92.3 cm³/mol. The summed E-state index contributed by atoms with van der Waals surface area (Å²) in [5.41, 5.74) is 8.07. The zero-order valence-electron chi connectivity index (χ0n) is 11.5. The van der Waals surface area contributed by atoms with Crippen LogP contribution in [-0.4, -0.2) is 22.8 Å². The Bertz CT molecular complexity index is 687. The van der Waals surface area contributed by atoms with Gasteiger partial charge in [-0.15, -0.1) is 0 Å². The highest BCUT2D eigenvalue weighted by molar-refractivity contribution is 9.10. The van der Waals surface area contributed by atoms with E-state index >= 15 is 0 Å². The topological polar surface area (TPSA) is 46.3 Å². The maximum absolute atomic E-state index is 12.4. The molecule has 0 aliphatic carbocycles. The van der Waals surface area contributed by atoms with Gasteiger partial charge in [-0.2, -0.15) is 0 Å². The summed E-state index contributed by atoms with van der Waals surface area (Å²) in [4.78, 5) is 14.5. The van der Waals surface area contributed by atoms with Crippen molar-refractivity contribution < 1.29 is 4.79 Å². The fraction of sp³-hybridized carbons (Fsp3) is 0.125. The molecular weight excluding hydrogens is 348 g/mol. The molecule has 0 aromatic heterocycles. The molecule has 0 spiro atoms. The molecule has 2 rings (SSSR count). The number of hydrogen-bond donors (Lipinski definition) is 1. The van der Waals surface area contributed by atoms with E-state index in [1.165, 1.54) is 0 Å². The smallest absolute Gasteiger partial charge is 0.255 e. The largest absolute Gasteiger partial charge is 0.389 e. The fourth-order valence-electron chi connectivity index (χ4n) is 2.01. The Morgan fingerprint density at radius 3 is 2.62 bits per heavy atom. The first-order valence-electron chi connectivity index (χ1n) is 6.38. The summed E-state index contributed by atoms with van der Waals surface area (Å²) in [5.74, 6) is -0.0387. The maximum atomic E-state index is 12.4. The normalized spacial score (nSPS) is 10.2. The van der Waals surface area contributed by atoms with Gasteiger partial charge < -0.3 is 10.6 Å². The third-order valence-electron chi connectivity index (χ3n) is 3.08. The van der Waals surface area contributed by atoms with Gasteiger partial charge in [0.2, 0.25) is 0 Å². The van der Waals surface area contributed by atoms with Gasteiger partial charge in [-0.1, -0.05) is 42.5 Å². The summed E-state index contributed by atoms with van der Waals surface area (Å²) in [6.07, 6.45) is 0. The fourth-order valence-corrected chi connectivity index (χ4v) is 2.59. The molecule has 2 aromatic rings. The standard InChI is InChI=1S/C16H15BrN2OS/c1-19(16(20)13-7-2-3-8-14(13)17)10-11-5-4-6-12(9-11)15(18)21/h2-9H,10H2,1H3,(H2,18,21). The number of carbonyl (C=O) groups is 1. The van der Waals surface area contributed by atoms with Gasteiger partial charge in [-0.05, 0) is 39.7 Å². The number of carbonyl (C=O) groups excluding carboxylic acids is 1. The van der Waals surface area contributed by atoms with Gasteiger partial charge in [0.05, 0.1) is 5.56 Å². The van der Waals surface area contributed by atoms with Crippen LogP contribution in [0.15, 0.2) is 53.0 Å². The van der Waals surface area contributed by atoms with Crippen LogP contribution in [0.4, 0.5) is 0 Å². The van der Waals surface area contributed by atoms with Crippen LogP contribution in [0.25, 0.3) is 0 Å². The van der Waals surface area contributed by atoms with Gasteiger partial charge in [0.15, 0.2) is 0 Å². The third kappa shape index (κ3) is 3.89. The SMILES string of the molecule is CN(Cc1cccc(C(N)=S)c1)C(=O)c1ccccc1Br. The number of amides is 1. The predicted octanol–water partition coefficient (Wildman–Crippen LogP) is 3.36. The molecule has 0 radical (unpaired) electrons. The summed E-state index contributed by atoms with van der Waals surface area (Å²) in [7, 11) is 1.77. The van der Waals surface area contributed by atoms with E-state index in [1.54, 1.807) is 18.0 Å². The Balaban J connectivity index is 2.16. The lowest BCUT2D eigenvalue weighted by Gasteiger charge is -2.18. The van der Waals surface area contributed by atoms with Gasteiger partial charge in [-0.25, -0.2) is 0 Å². The molecule has 21 heavy (non-hydrogen) atoms. The molecule has 0 heterocycles. The molecule has 0 atom stereocenters. The Morgan fingerprint density at radius 1 is 1.24 bits per heavy atom. The van der Waals surface area contributed by atoms with E-state index in [2.05, 4.69) is 15.9 Å². The number of benzene rings is 2. The quantitative estimate of drug-likeness (QED) is 0.848. The second kappa shape index (κ2) is 6.83. The van der Waals surface area contributed by atoms with Gasteiger partial charge in [-0.3, -0.25) is 4.79 Å². The highest BCUT2D eigenvalue weighted by Crippen LogP contribution is 2.18. The lowest BCUT2D eigenvalue weighted by molar-refractivity contribution is 0.0784. The molecule has 3 nitrogen and oxygen atoms in total. The Labute approximate surface area is 137 Å². The van der Waals surface area contributed by atoms with E-state index in [4.69, 9.17) is 18.0 Å². The first-order valence-corrected chi connectivity index (χ1v) is 7.58. The van der Waals surface area contributed by atoms with Crippen LogP contribution in [0.5, 0.6) is 0 Å². The first-order chi connectivity index (χ1) is 9.99. The highest BCUT2D eigenvalue weighted by atomic mass is 79.9. The Kier molecular flexibility index (Phi) is 5.09. The number of nitrogens with zero attached hydrogens (tertiary/aromatic N) is 1. The minimum atomic E-state index is -0.0387. The molecule has 0 saturated carbocycles. The summed E-state index contributed by atoms with van der Waals surface area (Å²) < 4.78 is 0.790. The van der Waals surface area contributed by atoms with Crippen LogP contribution < -0.4 is 5.73 Å². The van der Waals surface area contributed by atoms with Gasteiger partial charge >= 0.3 is 0 Å². The van der Waals surface area contributed by atoms with Crippen molar-refractivity contribution in [1.29, 1.82) is 0 Å². The molecule has 108 valence electrons. The molecule has 5 heteroatoms. The van der Waals surface area contributed by atoms with Crippen LogP contribution in [0, 0.1) is 0 Å². The van der Waals surface area contributed by atoms with Crippen molar-refractivity contribution in [3.63, 3.8) is 0 Å². The van der Waals surface area contributed by atoms with Crippen molar-refractivity contribution in [2.24, 2.45) is 5.73 Å². The Morgan fingerprint density at radius 2 is 1.95 bits per heavy atom. The molecule has 2 N–H and O–H groups in total. The number of hydrogen-bond acceptors (Lipinski definition) is 2. The summed E-state index contributed by atoms with van der Waals surface area (Å²) in [5, 5.41) is 0. The van der Waals surface area contributed by atoms with Crippen molar-refractivity contribution in [2.45, 2.75) is 6.54 Å². The minimum absolute atomic E-state index is 0.0387. The minimum Gasteiger partial charge on any atom is -0.389 e. The number of thiocarbonyl (C=S) groups is 1. The molecule has 2 aromatic carbocycles. The Hall–Kier alpha value is -1.72. The molecule has 0 aliphatic heterocycles. The first kappa shape index (κ1) is 15.7. The molecule has 0 unspecified atom stereocenters. The molecule has 0 fully saturated rings. The van der Waals surface area contributed by atoms with E-state index in [0.717, 1.165) is 15.6 Å². The van der Waals surface area contributed by atoms with E-state index in [-0.39, 0.29) is 5.91 Å². The molecule has 1 amide bonds. The van der Waals surface area contributed by atoms with Crippen molar-refractivity contribution in [3.05, 3.63) is 69.7 Å². The highest BCUT2D eigenvalue weighted by Gasteiger charge is 2.14. The molecule has 0 saturated heterocycles. The van der Waals surface area contributed by atoms with Gasteiger partial charge in [0.1, 0.15) is 4.99 Å². The summed E-state index contributed by atoms with van der Waals surface area (Å²) in [6, 6.07) is 15.0. The monoisotopic (exact) mass is 362 g/mol. The van der Waals surface area contributed by atoms with Gasteiger partial charge in [0.25, 0.3) is 5.91 Å². The zero-order valence-corrected chi connectivity index (χ0v) is 13.9. The van der Waals surface area contributed by atoms with E-state index in [0.29, 0.717) is 17.1 Å². The van der Waals surface area contributed by atoms with Crippen LogP contribution in [0.2, 0.25) is 0 Å². The van der Waals surface area contributed by atoms with E-state index in [1.807, 2.05) is 42.5 Å². The zero-order chi connectivity index (χ0) is 15.4. The van der Waals surface area contributed by atoms with E-state index < -0.39 is 0 Å². The number of nitrogens with two attached hydrogens (primary N) is 1. The maximum Gasteiger partial charge on any atom is 0.255 e. The number of rotatable bonds is 4. The average Bonchev–Trinajstić information content (AvgIpc) is 2.47. The molecule has 0 bridgehead atoms. The van der Waals surface area contributed by atoms with Gasteiger partial charge in [0, 0.05) is 23.6 Å². The second-order valence-electron chi connectivity index (χ2n) is 4.71. The summed E-state index contributed by atoms with van der Waals surface area (Å²) >= 11 is 8.37. The molecular formula is C16H15BrN2OS. The average molecular weight is 363 g/mol. The summed E-state index contributed by atoms with van der Waals surface area (Å²) in [6.45, 7) is 0.497. The van der Waals surface area contributed by atoms with Crippen LogP contribution in [0.3, 0.4) is 0 Å². The van der Waals surface area contributed by atoms with Crippen LogP contribution in [-0.2, 0) is 6.54 Å². The molecule has 0 aliphatic rings. The lowest BCUT2D eigenvalue weighted by Crippen LogP contribution is -2.26. The lowest BCUT2D eigenvalue weighted by atomic mass is 10.1. The van der Waals surface area contributed by atoms with Crippen molar-refractivity contribution in [2.75, 3.05) is 7.05 Å². The number of halogens is 1. The van der Waals surface area contributed by atoms with Crippen molar-refractivity contribution in [1.82, 2.24) is 4.90 Å². The second-order valence-corrected chi connectivity index (χ2v) is 6.00. The van der Waals surface area contributed by atoms with Crippen LogP contribution in [0.1, 0.15) is 21.5 Å². The van der Waals surface area contributed by atoms with E-state index in [9.17, 15) is 4.79 Å². The van der Waals surface area contributed by atoms with Crippen molar-refractivity contribution >= 4 is 39.0 Å². The third-order valence-corrected chi connectivity index (χ3v) is 4.01.